The third-order valence-corrected chi connectivity index (χ3v) is 4.96. The van der Waals surface area contributed by atoms with E-state index in [1.54, 1.807) is 11.8 Å². The van der Waals surface area contributed by atoms with Crippen LogP contribution in [0.25, 0.3) is 0 Å². The first-order chi connectivity index (χ1) is 10.7. The van der Waals surface area contributed by atoms with Crippen molar-refractivity contribution in [2.75, 3.05) is 4.90 Å². The molecule has 0 aliphatic carbocycles. The molecular weight excluding hydrogens is 360 g/mol. The van der Waals surface area contributed by atoms with Gasteiger partial charge >= 0.3 is 6.09 Å². The molecular formula is C17H23BrN2O3. The zero-order valence-electron chi connectivity index (χ0n) is 13.8. The summed E-state index contributed by atoms with van der Waals surface area (Å²) in [5.41, 5.74) is 1.89. The van der Waals surface area contributed by atoms with Gasteiger partial charge in [-0.3, -0.25) is 4.79 Å². The van der Waals surface area contributed by atoms with Gasteiger partial charge in [0.05, 0.1) is 0 Å². The van der Waals surface area contributed by atoms with Crippen LogP contribution in [0.2, 0.25) is 0 Å². The summed E-state index contributed by atoms with van der Waals surface area (Å²) in [4.78, 5) is 25.1. The van der Waals surface area contributed by atoms with Gasteiger partial charge in [-0.05, 0) is 43.0 Å². The molecule has 0 radical (unpaired) electrons. The minimum absolute atomic E-state index is 0.00631. The van der Waals surface area contributed by atoms with Crippen LogP contribution < -0.4 is 10.2 Å². The lowest BCUT2D eigenvalue weighted by molar-refractivity contribution is -0.117. The molecule has 0 saturated carbocycles. The second kappa shape index (κ2) is 6.91. The van der Waals surface area contributed by atoms with Crippen molar-refractivity contribution in [3.8, 4) is 0 Å². The van der Waals surface area contributed by atoms with Gasteiger partial charge in [0.1, 0.15) is 0 Å². The summed E-state index contributed by atoms with van der Waals surface area (Å²) >= 11 is 3.49. The van der Waals surface area contributed by atoms with Crippen molar-refractivity contribution in [1.82, 2.24) is 5.32 Å². The second-order valence-corrected chi connectivity index (χ2v) is 7.42. The first kappa shape index (κ1) is 17.8. The van der Waals surface area contributed by atoms with Crippen LogP contribution in [0.5, 0.6) is 0 Å². The highest BCUT2D eigenvalue weighted by atomic mass is 79.9. The van der Waals surface area contributed by atoms with Crippen LogP contribution in [-0.4, -0.2) is 29.2 Å². The van der Waals surface area contributed by atoms with Gasteiger partial charge in [-0.1, -0.05) is 29.8 Å². The van der Waals surface area contributed by atoms with E-state index in [0.717, 1.165) is 22.1 Å². The van der Waals surface area contributed by atoms with E-state index in [-0.39, 0.29) is 29.8 Å². The Bertz CT molecular complexity index is 618. The minimum Gasteiger partial charge on any atom is -0.465 e. The van der Waals surface area contributed by atoms with E-state index >= 15 is 0 Å². The van der Waals surface area contributed by atoms with Crippen LogP contribution in [0, 0.1) is 5.92 Å². The molecule has 126 valence electrons. The van der Waals surface area contributed by atoms with Gasteiger partial charge in [-0.25, -0.2) is 4.79 Å². The van der Waals surface area contributed by atoms with Gasteiger partial charge < -0.3 is 15.3 Å². The monoisotopic (exact) mass is 382 g/mol. The molecule has 5 nitrogen and oxygen atoms in total. The van der Waals surface area contributed by atoms with Crippen LogP contribution in [0.1, 0.15) is 45.6 Å². The Kier molecular flexibility index (Phi) is 5.34. The lowest BCUT2D eigenvalue weighted by Crippen LogP contribution is -2.49. The Morgan fingerprint density at radius 1 is 1.39 bits per heavy atom. The number of rotatable bonds is 3. The maximum Gasteiger partial charge on any atom is 0.404 e. The van der Waals surface area contributed by atoms with E-state index in [9.17, 15) is 14.7 Å². The van der Waals surface area contributed by atoms with Crippen molar-refractivity contribution < 1.29 is 14.7 Å². The Balaban J connectivity index is 2.53. The standard InChI is InChI=1S/C17H23BrN2O3/c1-9(2)16(19-17(22)23)14-7-10(3)20(11(4)21)15-6-5-12(18)8-13(14)15/h5-6,8-10,14,16,19H,7H2,1-4H3,(H,22,23). The average molecular weight is 383 g/mol. The molecule has 3 unspecified atom stereocenters. The zero-order chi connectivity index (χ0) is 17.3. The van der Waals surface area contributed by atoms with E-state index in [2.05, 4.69) is 21.2 Å². The lowest BCUT2D eigenvalue weighted by Gasteiger charge is -2.42. The Morgan fingerprint density at radius 3 is 2.57 bits per heavy atom. The number of carboxylic acid groups (broad SMARTS) is 1. The predicted octanol–water partition coefficient (Wildman–Crippen LogP) is 3.97. The molecule has 2 rings (SSSR count). The molecule has 1 heterocycles. The van der Waals surface area contributed by atoms with Crippen molar-refractivity contribution in [3.05, 3.63) is 28.2 Å². The van der Waals surface area contributed by atoms with Gasteiger partial charge in [0.25, 0.3) is 0 Å². The molecule has 0 spiro atoms. The Labute approximate surface area is 145 Å². The van der Waals surface area contributed by atoms with Crippen LogP contribution in [0.3, 0.4) is 0 Å². The fourth-order valence-electron chi connectivity index (χ4n) is 3.57. The first-order valence-electron chi connectivity index (χ1n) is 7.81. The molecule has 2 N–H and O–H groups in total. The summed E-state index contributed by atoms with van der Waals surface area (Å²) in [5, 5.41) is 11.9. The fraction of sp³-hybridized carbons (Fsp3) is 0.529. The number of amides is 2. The third kappa shape index (κ3) is 3.68. The van der Waals surface area contributed by atoms with E-state index in [1.165, 1.54) is 0 Å². The van der Waals surface area contributed by atoms with Gasteiger partial charge in [-0.15, -0.1) is 0 Å². The molecule has 1 aromatic rings. The molecule has 6 heteroatoms. The molecule has 0 saturated heterocycles. The highest BCUT2D eigenvalue weighted by molar-refractivity contribution is 9.10. The molecule has 0 fully saturated rings. The van der Waals surface area contributed by atoms with E-state index in [0.29, 0.717) is 0 Å². The number of hydrogen-bond acceptors (Lipinski definition) is 2. The number of halogens is 1. The maximum absolute atomic E-state index is 12.0. The van der Waals surface area contributed by atoms with Crippen molar-refractivity contribution in [3.63, 3.8) is 0 Å². The smallest absolute Gasteiger partial charge is 0.404 e. The topological polar surface area (TPSA) is 69.6 Å². The number of benzene rings is 1. The summed E-state index contributed by atoms with van der Waals surface area (Å²) in [6, 6.07) is 5.68. The van der Waals surface area contributed by atoms with E-state index in [4.69, 9.17) is 0 Å². The lowest BCUT2D eigenvalue weighted by atomic mass is 9.77. The van der Waals surface area contributed by atoms with Crippen molar-refractivity contribution >= 4 is 33.6 Å². The van der Waals surface area contributed by atoms with Gasteiger partial charge in [0.2, 0.25) is 5.91 Å². The molecule has 1 aliphatic heterocycles. The molecule has 2 amide bonds. The predicted molar refractivity (Wildman–Crippen MR) is 93.9 cm³/mol. The SMILES string of the molecule is CC(=O)N1c2ccc(Br)cc2C(C(NC(=O)O)C(C)C)CC1C. The number of carbonyl (C=O) groups is 2. The summed E-state index contributed by atoms with van der Waals surface area (Å²) in [6.45, 7) is 7.61. The molecule has 3 atom stereocenters. The molecule has 1 aliphatic rings. The highest BCUT2D eigenvalue weighted by Gasteiger charge is 2.38. The number of anilines is 1. The number of nitrogens with zero attached hydrogens (tertiary/aromatic N) is 1. The van der Waals surface area contributed by atoms with E-state index < -0.39 is 6.09 Å². The fourth-order valence-corrected chi connectivity index (χ4v) is 3.95. The molecule has 0 aromatic heterocycles. The number of carbonyl (C=O) groups excluding carboxylic acids is 1. The summed E-state index contributed by atoms with van der Waals surface area (Å²) in [6.07, 6.45) is -0.284. The quantitative estimate of drug-likeness (QED) is 0.830. The van der Waals surface area contributed by atoms with Crippen LogP contribution >= 0.6 is 15.9 Å². The van der Waals surface area contributed by atoms with Crippen LogP contribution in [0.4, 0.5) is 10.5 Å². The largest absolute Gasteiger partial charge is 0.465 e. The molecule has 0 bridgehead atoms. The maximum atomic E-state index is 12.0. The zero-order valence-corrected chi connectivity index (χ0v) is 15.4. The van der Waals surface area contributed by atoms with Crippen molar-refractivity contribution in [2.24, 2.45) is 5.92 Å². The van der Waals surface area contributed by atoms with Crippen molar-refractivity contribution in [2.45, 2.75) is 52.1 Å². The molecule has 23 heavy (non-hydrogen) atoms. The van der Waals surface area contributed by atoms with Crippen LogP contribution in [0.15, 0.2) is 22.7 Å². The molecule has 1 aromatic carbocycles. The minimum atomic E-state index is -1.01. The van der Waals surface area contributed by atoms with Gasteiger partial charge in [-0.2, -0.15) is 0 Å². The Morgan fingerprint density at radius 2 is 2.04 bits per heavy atom. The summed E-state index contributed by atoms with van der Waals surface area (Å²) in [7, 11) is 0. The normalized spacial score (nSPS) is 21.7. The number of fused-ring (bicyclic) bond motifs is 1. The van der Waals surface area contributed by atoms with Crippen molar-refractivity contribution in [1.29, 1.82) is 0 Å². The highest BCUT2D eigenvalue weighted by Crippen LogP contribution is 2.42. The summed E-state index contributed by atoms with van der Waals surface area (Å²) in [5.74, 6) is 0.190. The average Bonchev–Trinajstić information content (AvgIpc) is 2.43. The van der Waals surface area contributed by atoms with Gasteiger partial charge in [0, 0.05) is 35.1 Å². The van der Waals surface area contributed by atoms with Crippen LogP contribution in [-0.2, 0) is 4.79 Å². The van der Waals surface area contributed by atoms with E-state index in [1.807, 2.05) is 39.0 Å². The summed E-state index contributed by atoms with van der Waals surface area (Å²) < 4.78 is 0.928. The number of nitrogens with one attached hydrogen (secondary N) is 1. The second-order valence-electron chi connectivity index (χ2n) is 6.50. The van der Waals surface area contributed by atoms with Gasteiger partial charge in [0.15, 0.2) is 0 Å². The number of hydrogen-bond donors (Lipinski definition) is 2. The Hall–Kier alpha value is -1.56. The first-order valence-corrected chi connectivity index (χ1v) is 8.60. The third-order valence-electron chi connectivity index (χ3n) is 4.47.